The van der Waals surface area contributed by atoms with Gasteiger partial charge in [-0.25, -0.2) is 0 Å². The van der Waals surface area contributed by atoms with Crippen LogP contribution in [0.5, 0.6) is 0 Å². The number of hydrogen-bond acceptors (Lipinski definition) is 3. The van der Waals surface area contributed by atoms with Crippen molar-refractivity contribution in [2.45, 2.75) is 19.1 Å². The third-order valence-corrected chi connectivity index (χ3v) is 2.84. The molecule has 1 heterocycles. The van der Waals surface area contributed by atoms with Crippen molar-refractivity contribution in [3.63, 3.8) is 0 Å². The van der Waals surface area contributed by atoms with Gasteiger partial charge in [-0.05, 0) is 11.6 Å². The van der Waals surface area contributed by atoms with Gasteiger partial charge in [0.2, 0.25) is 0 Å². The van der Waals surface area contributed by atoms with Gasteiger partial charge in [0.25, 0.3) is 0 Å². The highest BCUT2D eigenvalue weighted by molar-refractivity contribution is 5.50. The van der Waals surface area contributed by atoms with E-state index >= 15 is 0 Å². The highest BCUT2D eigenvalue weighted by Crippen LogP contribution is 2.19. The van der Waals surface area contributed by atoms with Crippen molar-refractivity contribution >= 4 is 6.29 Å². The summed E-state index contributed by atoms with van der Waals surface area (Å²) in [5.41, 5.74) is 1.13. The molecule has 0 N–H and O–H groups in total. The summed E-state index contributed by atoms with van der Waals surface area (Å²) in [6.45, 7) is 1.07. The summed E-state index contributed by atoms with van der Waals surface area (Å²) in [7, 11) is 0. The first-order chi connectivity index (χ1) is 8.40. The molecule has 1 aliphatic rings. The third kappa shape index (κ3) is 3.43. The largest absolute Gasteiger partial charge is 0.499 e. The molecule has 0 saturated carbocycles. The van der Waals surface area contributed by atoms with Gasteiger partial charge < -0.3 is 14.3 Å². The number of hydrogen-bond donors (Lipinski definition) is 0. The van der Waals surface area contributed by atoms with Crippen LogP contribution in [0.15, 0.2) is 42.7 Å². The Kier molecular flexibility index (Phi) is 4.33. The molecule has 17 heavy (non-hydrogen) atoms. The second-order valence-corrected chi connectivity index (χ2v) is 4.06. The lowest BCUT2D eigenvalue weighted by molar-refractivity contribution is -0.110. The van der Waals surface area contributed by atoms with E-state index in [0.717, 1.165) is 11.8 Å². The molecule has 0 aliphatic carbocycles. The lowest BCUT2D eigenvalue weighted by atomic mass is 9.98. The standard InChI is InChI=1S/C14H16O3/c15-8-6-13-7-9-16-11-14(13)17-10-12-4-2-1-3-5-12/h1-5,7-9,13-14H,6,10-11H2/t13-,14-/m0/s1. The first-order valence-electron chi connectivity index (χ1n) is 5.77. The molecule has 3 nitrogen and oxygen atoms in total. The molecule has 1 aliphatic heterocycles. The van der Waals surface area contributed by atoms with Gasteiger partial charge in [0, 0.05) is 12.3 Å². The van der Waals surface area contributed by atoms with Crippen LogP contribution in [-0.4, -0.2) is 19.0 Å². The van der Waals surface area contributed by atoms with Gasteiger partial charge in [0.15, 0.2) is 0 Å². The van der Waals surface area contributed by atoms with Gasteiger partial charge in [-0.1, -0.05) is 30.3 Å². The van der Waals surface area contributed by atoms with Crippen LogP contribution in [0.2, 0.25) is 0 Å². The van der Waals surface area contributed by atoms with Crippen molar-refractivity contribution in [1.29, 1.82) is 0 Å². The fourth-order valence-corrected chi connectivity index (χ4v) is 1.85. The van der Waals surface area contributed by atoms with Crippen molar-refractivity contribution in [2.75, 3.05) is 6.61 Å². The van der Waals surface area contributed by atoms with Crippen LogP contribution in [0.25, 0.3) is 0 Å². The minimum absolute atomic E-state index is 0.0367. The SMILES string of the molecule is O=CC[C@H]1C=COC[C@@H]1OCc1ccccc1. The minimum Gasteiger partial charge on any atom is -0.499 e. The Balaban J connectivity index is 1.89. The number of rotatable bonds is 5. The molecule has 1 aromatic carbocycles. The van der Waals surface area contributed by atoms with E-state index < -0.39 is 0 Å². The van der Waals surface area contributed by atoms with Crippen molar-refractivity contribution < 1.29 is 14.3 Å². The second-order valence-electron chi connectivity index (χ2n) is 4.06. The van der Waals surface area contributed by atoms with Crippen molar-refractivity contribution in [2.24, 2.45) is 5.92 Å². The summed E-state index contributed by atoms with van der Waals surface area (Å²) in [4.78, 5) is 10.6. The predicted octanol–water partition coefficient (Wildman–Crippen LogP) is 2.32. The van der Waals surface area contributed by atoms with Crippen LogP contribution < -0.4 is 0 Å². The molecule has 0 spiro atoms. The Morgan fingerprint density at radius 3 is 2.94 bits per heavy atom. The van der Waals surface area contributed by atoms with Gasteiger partial charge >= 0.3 is 0 Å². The zero-order chi connectivity index (χ0) is 11.9. The summed E-state index contributed by atoms with van der Waals surface area (Å²) in [6, 6.07) is 9.99. The molecule has 2 rings (SSSR count). The molecular formula is C14H16O3. The van der Waals surface area contributed by atoms with Gasteiger partial charge in [0.1, 0.15) is 12.9 Å². The number of ether oxygens (including phenoxy) is 2. The number of aldehydes is 1. The Hall–Kier alpha value is -1.61. The van der Waals surface area contributed by atoms with E-state index in [9.17, 15) is 4.79 Å². The summed E-state index contributed by atoms with van der Waals surface area (Å²) >= 11 is 0. The van der Waals surface area contributed by atoms with Crippen molar-refractivity contribution in [3.8, 4) is 0 Å². The highest BCUT2D eigenvalue weighted by atomic mass is 16.5. The van der Waals surface area contributed by atoms with E-state index in [1.165, 1.54) is 0 Å². The lowest BCUT2D eigenvalue weighted by Crippen LogP contribution is -2.30. The predicted molar refractivity (Wildman–Crippen MR) is 64.3 cm³/mol. The molecule has 0 radical (unpaired) electrons. The Bertz CT molecular complexity index is 372. The summed E-state index contributed by atoms with van der Waals surface area (Å²) in [5.74, 6) is 0.130. The van der Waals surface area contributed by atoms with E-state index in [0.29, 0.717) is 19.6 Å². The van der Waals surface area contributed by atoms with Crippen LogP contribution in [0.3, 0.4) is 0 Å². The molecule has 2 atom stereocenters. The molecule has 3 heteroatoms. The smallest absolute Gasteiger partial charge is 0.120 e. The minimum atomic E-state index is -0.0367. The summed E-state index contributed by atoms with van der Waals surface area (Å²) < 4.78 is 11.0. The summed E-state index contributed by atoms with van der Waals surface area (Å²) in [6.07, 6.45) is 4.92. The number of carbonyl (C=O) groups excluding carboxylic acids is 1. The molecule has 0 unspecified atom stereocenters. The van der Waals surface area contributed by atoms with Crippen LogP contribution in [0.4, 0.5) is 0 Å². The maximum atomic E-state index is 10.6. The zero-order valence-corrected chi connectivity index (χ0v) is 9.62. The monoisotopic (exact) mass is 232 g/mol. The Morgan fingerprint density at radius 2 is 2.18 bits per heavy atom. The second kappa shape index (κ2) is 6.21. The molecule has 0 bridgehead atoms. The zero-order valence-electron chi connectivity index (χ0n) is 9.62. The molecular weight excluding hydrogens is 216 g/mol. The maximum absolute atomic E-state index is 10.6. The molecule has 0 fully saturated rings. The van der Waals surface area contributed by atoms with E-state index in [2.05, 4.69) is 0 Å². The van der Waals surface area contributed by atoms with Gasteiger partial charge in [-0.3, -0.25) is 0 Å². The highest BCUT2D eigenvalue weighted by Gasteiger charge is 2.23. The molecule has 90 valence electrons. The number of carbonyl (C=O) groups is 1. The van der Waals surface area contributed by atoms with Crippen molar-refractivity contribution in [1.82, 2.24) is 0 Å². The fourth-order valence-electron chi connectivity index (χ4n) is 1.85. The third-order valence-electron chi connectivity index (χ3n) is 2.84. The van der Waals surface area contributed by atoms with Crippen molar-refractivity contribution in [3.05, 3.63) is 48.2 Å². The van der Waals surface area contributed by atoms with Gasteiger partial charge in [-0.15, -0.1) is 0 Å². The van der Waals surface area contributed by atoms with Gasteiger partial charge in [-0.2, -0.15) is 0 Å². The Labute approximate surface area is 101 Å². The van der Waals surface area contributed by atoms with E-state index in [1.54, 1.807) is 6.26 Å². The van der Waals surface area contributed by atoms with Crippen LogP contribution in [-0.2, 0) is 20.9 Å². The van der Waals surface area contributed by atoms with E-state index in [-0.39, 0.29) is 12.0 Å². The molecule has 0 saturated heterocycles. The molecule has 0 aromatic heterocycles. The van der Waals surface area contributed by atoms with Crippen LogP contribution in [0.1, 0.15) is 12.0 Å². The first kappa shape index (κ1) is 11.9. The fraction of sp³-hybridized carbons (Fsp3) is 0.357. The van der Waals surface area contributed by atoms with Crippen LogP contribution in [0, 0.1) is 5.92 Å². The average molecular weight is 232 g/mol. The maximum Gasteiger partial charge on any atom is 0.120 e. The van der Waals surface area contributed by atoms with E-state index in [1.807, 2.05) is 36.4 Å². The quantitative estimate of drug-likeness (QED) is 0.731. The van der Waals surface area contributed by atoms with Crippen LogP contribution >= 0.6 is 0 Å². The summed E-state index contributed by atoms with van der Waals surface area (Å²) in [5, 5.41) is 0. The first-order valence-corrected chi connectivity index (χ1v) is 5.77. The average Bonchev–Trinajstić information content (AvgIpc) is 2.39. The molecule has 0 amide bonds. The van der Waals surface area contributed by atoms with Gasteiger partial charge in [0.05, 0.1) is 19.0 Å². The topological polar surface area (TPSA) is 35.5 Å². The lowest BCUT2D eigenvalue weighted by Gasteiger charge is -2.26. The Morgan fingerprint density at radius 1 is 1.35 bits per heavy atom. The number of benzene rings is 1. The normalized spacial score (nSPS) is 23.1. The van der Waals surface area contributed by atoms with E-state index in [4.69, 9.17) is 9.47 Å². The molecule has 1 aromatic rings.